The highest BCUT2D eigenvalue weighted by molar-refractivity contribution is 5.29. The molecule has 128 valence electrons. The average molecular weight is 328 g/mol. The molecule has 4 nitrogen and oxygen atoms in total. The third-order valence-corrected chi connectivity index (χ3v) is 4.58. The maximum absolute atomic E-state index is 10.4. The van der Waals surface area contributed by atoms with Crippen molar-refractivity contribution < 1.29 is 18.4 Å². The standard InChI is InChI=1S/C20H24O4/c1-13-5-8-17(22-13)16(21)11-12-20(4,18-9-6-14(2)23-18)19-10-7-15(3)24-19/h5-10,16,21H,11-12H2,1-4H3. The molecule has 0 saturated heterocycles. The van der Waals surface area contributed by atoms with Crippen molar-refractivity contribution >= 4 is 0 Å². The van der Waals surface area contributed by atoms with E-state index in [0.717, 1.165) is 28.8 Å². The van der Waals surface area contributed by atoms with Gasteiger partial charge in [0.15, 0.2) is 0 Å². The number of aliphatic hydroxyl groups is 1. The van der Waals surface area contributed by atoms with E-state index in [2.05, 4.69) is 6.92 Å². The Kier molecular flexibility index (Phi) is 4.41. The Labute approximate surface area is 142 Å². The van der Waals surface area contributed by atoms with Crippen LogP contribution in [0.1, 0.15) is 60.4 Å². The second kappa shape index (κ2) is 6.36. The number of furan rings is 3. The monoisotopic (exact) mass is 328 g/mol. The number of rotatable bonds is 6. The molecular weight excluding hydrogens is 304 g/mol. The van der Waals surface area contributed by atoms with Crippen molar-refractivity contribution in [3.63, 3.8) is 0 Å². The highest BCUT2D eigenvalue weighted by atomic mass is 16.4. The van der Waals surface area contributed by atoms with Crippen LogP contribution < -0.4 is 0 Å². The first kappa shape index (κ1) is 16.7. The zero-order valence-corrected chi connectivity index (χ0v) is 14.6. The maximum Gasteiger partial charge on any atom is 0.132 e. The molecule has 3 heterocycles. The van der Waals surface area contributed by atoms with Gasteiger partial charge in [0.1, 0.15) is 40.7 Å². The van der Waals surface area contributed by atoms with Crippen molar-refractivity contribution in [2.75, 3.05) is 0 Å². The predicted molar refractivity (Wildman–Crippen MR) is 91.0 cm³/mol. The first-order chi connectivity index (χ1) is 11.4. The molecule has 0 amide bonds. The zero-order chi connectivity index (χ0) is 17.3. The molecule has 0 aromatic carbocycles. The normalized spacial score (nSPS) is 13.4. The predicted octanol–water partition coefficient (Wildman–Crippen LogP) is 5.21. The van der Waals surface area contributed by atoms with Gasteiger partial charge < -0.3 is 18.4 Å². The quantitative estimate of drug-likeness (QED) is 0.674. The van der Waals surface area contributed by atoms with Crippen LogP contribution in [0.4, 0.5) is 0 Å². The van der Waals surface area contributed by atoms with E-state index in [0.29, 0.717) is 18.6 Å². The van der Waals surface area contributed by atoms with Gasteiger partial charge in [0, 0.05) is 0 Å². The minimum atomic E-state index is -0.648. The Morgan fingerprint density at radius 1 is 0.833 bits per heavy atom. The molecule has 3 rings (SSSR count). The third kappa shape index (κ3) is 3.20. The van der Waals surface area contributed by atoms with Crippen LogP contribution in [0.25, 0.3) is 0 Å². The molecule has 0 radical (unpaired) electrons. The Morgan fingerprint density at radius 3 is 1.75 bits per heavy atom. The summed E-state index contributed by atoms with van der Waals surface area (Å²) in [6.45, 7) is 7.82. The van der Waals surface area contributed by atoms with E-state index >= 15 is 0 Å². The summed E-state index contributed by atoms with van der Waals surface area (Å²) in [5, 5.41) is 10.4. The summed E-state index contributed by atoms with van der Waals surface area (Å²) in [7, 11) is 0. The molecule has 0 spiro atoms. The lowest BCUT2D eigenvalue weighted by Crippen LogP contribution is -2.23. The first-order valence-electron chi connectivity index (χ1n) is 8.27. The van der Waals surface area contributed by atoms with E-state index in [1.54, 1.807) is 0 Å². The van der Waals surface area contributed by atoms with Crippen LogP contribution in [0.2, 0.25) is 0 Å². The van der Waals surface area contributed by atoms with Gasteiger partial charge >= 0.3 is 0 Å². The lowest BCUT2D eigenvalue weighted by molar-refractivity contribution is 0.126. The van der Waals surface area contributed by atoms with Gasteiger partial charge in [0.2, 0.25) is 0 Å². The van der Waals surface area contributed by atoms with Gasteiger partial charge in [0.05, 0.1) is 5.41 Å². The number of hydrogen-bond acceptors (Lipinski definition) is 4. The molecule has 4 heteroatoms. The van der Waals surface area contributed by atoms with Gasteiger partial charge in [-0.25, -0.2) is 0 Å². The molecule has 3 aromatic rings. The fraction of sp³-hybridized carbons (Fsp3) is 0.400. The molecule has 0 aliphatic heterocycles. The molecule has 24 heavy (non-hydrogen) atoms. The van der Waals surface area contributed by atoms with Crippen molar-refractivity contribution in [3.8, 4) is 0 Å². The molecule has 0 aliphatic rings. The topological polar surface area (TPSA) is 59.7 Å². The van der Waals surface area contributed by atoms with Gasteiger partial charge in [0.25, 0.3) is 0 Å². The lowest BCUT2D eigenvalue weighted by atomic mass is 9.79. The van der Waals surface area contributed by atoms with Crippen LogP contribution in [0.15, 0.2) is 49.6 Å². The zero-order valence-electron chi connectivity index (χ0n) is 14.6. The minimum absolute atomic E-state index is 0.439. The van der Waals surface area contributed by atoms with Crippen LogP contribution in [0, 0.1) is 20.8 Å². The van der Waals surface area contributed by atoms with Gasteiger partial charge in [-0.05, 0) is 76.9 Å². The summed E-state index contributed by atoms with van der Waals surface area (Å²) in [5.41, 5.74) is -0.439. The summed E-state index contributed by atoms with van der Waals surface area (Å²) >= 11 is 0. The Morgan fingerprint density at radius 2 is 1.33 bits per heavy atom. The third-order valence-electron chi connectivity index (χ3n) is 4.58. The van der Waals surface area contributed by atoms with Crippen molar-refractivity contribution in [3.05, 3.63) is 71.0 Å². The van der Waals surface area contributed by atoms with Crippen LogP contribution in [-0.2, 0) is 5.41 Å². The largest absolute Gasteiger partial charge is 0.465 e. The van der Waals surface area contributed by atoms with Crippen LogP contribution in [0.3, 0.4) is 0 Å². The summed E-state index contributed by atoms with van der Waals surface area (Å²) in [5.74, 6) is 4.81. The van der Waals surface area contributed by atoms with E-state index in [1.807, 2.05) is 57.2 Å². The van der Waals surface area contributed by atoms with E-state index < -0.39 is 11.5 Å². The average Bonchev–Trinajstić information content (AvgIpc) is 3.26. The Hall–Kier alpha value is -2.20. The molecule has 0 aliphatic carbocycles. The second-order valence-electron chi connectivity index (χ2n) is 6.66. The fourth-order valence-corrected chi connectivity index (χ4v) is 3.03. The SMILES string of the molecule is Cc1ccc(C(O)CCC(C)(c2ccc(C)o2)c2ccc(C)o2)o1. The van der Waals surface area contributed by atoms with Crippen LogP contribution in [0.5, 0.6) is 0 Å². The molecule has 1 N–H and O–H groups in total. The molecule has 1 unspecified atom stereocenters. The van der Waals surface area contributed by atoms with E-state index in [4.69, 9.17) is 13.3 Å². The molecular formula is C20H24O4. The highest BCUT2D eigenvalue weighted by Gasteiger charge is 2.36. The van der Waals surface area contributed by atoms with Gasteiger partial charge in [-0.1, -0.05) is 0 Å². The highest BCUT2D eigenvalue weighted by Crippen LogP contribution is 2.40. The van der Waals surface area contributed by atoms with Crippen LogP contribution in [-0.4, -0.2) is 5.11 Å². The number of aryl methyl sites for hydroxylation is 3. The Balaban J connectivity index is 1.85. The molecule has 3 aromatic heterocycles. The van der Waals surface area contributed by atoms with Crippen molar-refractivity contribution in [2.45, 2.75) is 52.1 Å². The molecule has 1 atom stereocenters. The lowest BCUT2D eigenvalue weighted by Gasteiger charge is -2.26. The number of aliphatic hydroxyl groups excluding tert-OH is 1. The smallest absolute Gasteiger partial charge is 0.132 e. The maximum atomic E-state index is 10.4. The van der Waals surface area contributed by atoms with E-state index in [-0.39, 0.29) is 0 Å². The summed E-state index contributed by atoms with van der Waals surface area (Å²) < 4.78 is 17.3. The fourth-order valence-electron chi connectivity index (χ4n) is 3.03. The second-order valence-corrected chi connectivity index (χ2v) is 6.66. The minimum Gasteiger partial charge on any atom is -0.465 e. The van der Waals surface area contributed by atoms with Crippen molar-refractivity contribution in [1.82, 2.24) is 0 Å². The first-order valence-corrected chi connectivity index (χ1v) is 8.27. The van der Waals surface area contributed by atoms with Crippen molar-refractivity contribution in [1.29, 1.82) is 0 Å². The van der Waals surface area contributed by atoms with E-state index in [9.17, 15) is 5.11 Å². The number of hydrogen-bond donors (Lipinski definition) is 1. The van der Waals surface area contributed by atoms with Gasteiger partial charge in [-0.3, -0.25) is 0 Å². The summed E-state index contributed by atoms with van der Waals surface area (Å²) in [4.78, 5) is 0. The summed E-state index contributed by atoms with van der Waals surface area (Å²) in [6, 6.07) is 11.6. The van der Waals surface area contributed by atoms with Gasteiger partial charge in [-0.2, -0.15) is 0 Å². The van der Waals surface area contributed by atoms with Crippen molar-refractivity contribution in [2.24, 2.45) is 0 Å². The van der Waals surface area contributed by atoms with Crippen LogP contribution >= 0.6 is 0 Å². The molecule has 0 saturated carbocycles. The Bertz CT molecular complexity index is 765. The molecule has 0 bridgehead atoms. The molecule has 0 fully saturated rings. The van der Waals surface area contributed by atoms with Gasteiger partial charge in [-0.15, -0.1) is 0 Å². The van der Waals surface area contributed by atoms with E-state index in [1.165, 1.54) is 0 Å². The summed E-state index contributed by atoms with van der Waals surface area (Å²) in [6.07, 6.45) is 0.571.